The van der Waals surface area contributed by atoms with Gasteiger partial charge in [-0.15, -0.1) is 0 Å². The van der Waals surface area contributed by atoms with Gasteiger partial charge in [0.15, 0.2) is 0 Å². The van der Waals surface area contributed by atoms with Gasteiger partial charge in [-0.1, -0.05) is 13.3 Å². The first-order chi connectivity index (χ1) is 6.25. The zero-order chi connectivity index (χ0) is 9.73. The first kappa shape index (κ1) is 11.0. The molecular formula is C10H21NO2. The van der Waals surface area contributed by atoms with Gasteiger partial charge in [-0.25, -0.2) is 0 Å². The number of hydrogen-bond donors (Lipinski definition) is 2. The van der Waals surface area contributed by atoms with Gasteiger partial charge >= 0.3 is 0 Å². The van der Waals surface area contributed by atoms with Crippen molar-refractivity contribution in [2.75, 3.05) is 19.8 Å². The molecule has 0 amide bonds. The maximum Gasteiger partial charge on any atom is 0.0610 e. The zero-order valence-corrected chi connectivity index (χ0v) is 8.46. The van der Waals surface area contributed by atoms with Gasteiger partial charge in [-0.2, -0.15) is 0 Å². The van der Waals surface area contributed by atoms with Crippen molar-refractivity contribution in [2.24, 2.45) is 11.1 Å². The Morgan fingerprint density at radius 1 is 1.46 bits per heavy atom. The van der Waals surface area contributed by atoms with Crippen molar-refractivity contribution in [3.63, 3.8) is 0 Å². The first-order valence-corrected chi connectivity index (χ1v) is 5.21. The van der Waals surface area contributed by atoms with Crippen molar-refractivity contribution in [3.8, 4) is 0 Å². The van der Waals surface area contributed by atoms with Crippen molar-refractivity contribution in [2.45, 2.75) is 38.7 Å². The molecule has 3 nitrogen and oxygen atoms in total. The minimum absolute atomic E-state index is 0.0612. The molecule has 3 N–H and O–H groups in total. The Morgan fingerprint density at radius 3 is 2.54 bits per heavy atom. The molecule has 0 aromatic heterocycles. The van der Waals surface area contributed by atoms with E-state index in [1.165, 1.54) is 0 Å². The largest absolute Gasteiger partial charge is 0.392 e. The van der Waals surface area contributed by atoms with Gasteiger partial charge in [-0.05, 0) is 19.3 Å². The third-order valence-corrected chi connectivity index (χ3v) is 3.16. The lowest BCUT2D eigenvalue weighted by Gasteiger charge is -2.40. The van der Waals surface area contributed by atoms with Crippen LogP contribution < -0.4 is 5.73 Å². The Morgan fingerprint density at radius 2 is 2.08 bits per heavy atom. The topological polar surface area (TPSA) is 55.5 Å². The summed E-state index contributed by atoms with van der Waals surface area (Å²) in [6.45, 7) is 4.17. The van der Waals surface area contributed by atoms with E-state index in [1.54, 1.807) is 0 Å². The highest BCUT2D eigenvalue weighted by atomic mass is 16.5. The second-order valence-electron chi connectivity index (χ2n) is 3.98. The van der Waals surface area contributed by atoms with Crippen molar-refractivity contribution in [1.29, 1.82) is 0 Å². The number of aliphatic hydroxyl groups is 1. The normalized spacial score (nSPS) is 24.2. The lowest BCUT2D eigenvalue weighted by molar-refractivity contribution is -0.0593. The lowest BCUT2D eigenvalue weighted by Crippen LogP contribution is -2.45. The van der Waals surface area contributed by atoms with Crippen LogP contribution in [0.5, 0.6) is 0 Å². The SMILES string of the molecule is CCCC(O)C1(CN)CCOCC1. The monoisotopic (exact) mass is 187 g/mol. The Kier molecular flexibility index (Phi) is 4.16. The molecule has 0 radical (unpaired) electrons. The molecule has 1 atom stereocenters. The van der Waals surface area contributed by atoms with E-state index in [2.05, 4.69) is 6.92 Å². The molecule has 1 aliphatic heterocycles. The maximum atomic E-state index is 9.99. The molecule has 78 valence electrons. The van der Waals surface area contributed by atoms with Crippen LogP contribution in [0.15, 0.2) is 0 Å². The van der Waals surface area contributed by atoms with Gasteiger partial charge < -0.3 is 15.6 Å². The molecule has 1 saturated heterocycles. The highest BCUT2D eigenvalue weighted by Gasteiger charge is 2.37. The van der Waals surface area contributed by atoms with E-state index in [0.29, 0.717) is 6.54 Å². The number of nitrogens with two attached hydrogens (primary N) is 1. The van der Waals surface area contributed by atoms with E-state index >= 15 is 0 Å². The molecule has 13 heavy (non-hydrogen) atoms. The molecule has 0 aliphatic carbocycles. The standard InChI is InChI=1S/C10H21NO2/c1-2-3-9(12)10(8-11)4-6-13-7-5-10/h9,12H,2-8,11H2,1H3. The zero-order valence-electron chi connectivity index (χ0n) is 8.46. The van der Waals surface area contributed by atoms with Crippen LogP contribution in [0, 0.1) is 5.41 Å². The third-order valence-electron chi connectivity index (χ3n) is 3.16. The van der Waals surface area contributed by atoms with Crippen LogP contribution in [0.1, 0.15) is 32.6 Å². The van der Waals surface area contributed by atoms with Crippen molar-refractivity contribution in [1.82, 2.24) is 0 Å². The first-order valence-electron chi connectivity index (χ1n) is 5.21. The van der Waals surface area contributed by atoms with Crippen LogP contribution in [-0.4, -0.2) is 31.0 Å². The molecular weight excluding hydrogens is 166 g/mol. The van der Waals surface area contributed by atoms with Gasteiger partial charge in [0.1, 0.15) is 0 Å². The summed E-state index contributed by atoms with van der Waals surface area (Å²) in [4.78, 5) is 0. The quantitative estimate of drug-likeness (QED) is 0.687. The van der Waals surface area contributed by atoms with Gasteiger partial charge in [0.05, 0.1) is 6.10 Å². The minimum Gasteiger partial charge on any atom is -0.392 e. The lowest BCUT2D eigenvalue weighted by atomic mass is 9.74. The maximum absolute atomic E-state index is 9.99. The van der Waals surface area contributed by atoms with Crippen molar-refractivity contribution in [3.05, 3.63) is 0 Å². The summed E-state index contributed by atoms with van der Waals surface area (Å²) in [7, 11) is 0. The van der Waals surface area contributed by atoms with Crippen molar-refractivity contribution < 1.29 is 9.84 Å². The summed E-state index contributed by atoms with van der Waals surface area (Å²) < 4.78 is 5.29. The number of aliphatic hydroxyl groups excluding tert-OH is 1. The summed E-state index contributed by atoms with van der Waals surface area (Å²) in [6.07, 6.45) is 3.45. The van der Waals surface area contributed by atoms with Crippen LogP contribution in [0.2, 0.25) is 0 Å². The van der Waals surface area contributed by atoms with Gasteiger partial charge in [0.25, 0.3) is 0 Å². The molecule has 0 aromatic carbocycles. The fourth-order valence-electron chi connectivity index (χ4n) is 2.03. The van der Waals surface area contributed by atoms with Crippen LogP contribution in [0.4, 0.5) is 0 Å². The predicted octanol–water partition coefficient (Wildman–Crippen LogP) is 0.903. The molecule has 1 heterocycles. The second kappa shape index (κ2) is 4.94. The molecule has 0 saturated carbocycles. The van der Waals surface area contributed by atoms with Crippen LogP contribution in [-0.2, 0) is 4.74 Å². The van der Waals surface area contributed by atoms with E-state index in [-0.39, 0.29) is 11.5 Å². The van der Waals surface area contributed by atoms with Gasteiger partial charge in [0, 0.05) is 25.2 Å². The summed E-state index contributed by atoms with van der Waals surface area (Å²) in [5, 5.41) is 9.99. The molecule has 3 heteroatoms. The van der Waals surface area contributed by atoms with Gasteiger partial charge in [-0.3, -0.25) is 0 Å². The van der Waals surface area contributed by atoms with Crippen LogP contribution in [0.3, 0.4) is 0 Å². The van der Waals surface area contributed by atoms with E-state index in [9.17, 15) is 5.11 Å². The minimum atomic E-state index is -0.244. The average Bonchev–Trinajstić information content (AvgIpc) is 2.19. The third kappa shape index (κ3) is 2.42. The van der Waals surface area contributed by atoms with E-state index < -0.39 is 0 Å². The molecule has 1 rings (SSSR count). The summed E-state index contributed by atoms with van der Waals surface area (Å²) in [5.74, 6) is 0. The second-order valence-corrected chi connectivity index (χ2v) is 3.98. The smallest absolute Gasteiger partial charge is 0.0610 e. The molecule has 0 spiro atoms. The molecule has 0 bridgehead atoms. The molecule has 1 unspecified atom stereocenters. The average molecular weight is 187 g/mol. The highest BCUT2D eigenvalue weighted by Crippen LogP contribution is 2.34. The Bertz CT molecular complexity index is 144. The van der Waals surface area contributed by atoms with Crippen molar-refractivity contribution >= 4 is 0 Å². The number of rotatable bonds is 4. The fourth-order valence-corrected chi connectivity index (χ4v) is 2.03. The Balaban J connectivity index is 2.55. The summed E-state index contributed by atoms with van der Waals surface area (Å²) in [6, 6.07) is 0. The molecule has 1 aliphatic rings. The summed E-state index contributed by atoms with van der Waals surface area (Å²) >= 11 is 0. The molecule has 1 fully saturated rings. The fraction of sp³-hybridized carbons (Fsp3) is 1.00. The van der Waals surface area contributed by atoms with Crippen LogP contribution >= 0.6 is 0 Å². The highest BCUT2D eigenvalue weighted by molar-refractivity contribution is 4.89. The van der Waals surface area contributed by atoms with E-state index in [1.807, 2.05) is 0 Å². The van der Waals surface area contributed by atoms with E-state index in [4.69, 9.17) is 10.5 Å². The Labute approximate surface area is 80.3 Å². The van der Waals surface area contributed by atoms with E-state index in [0.717, 1.165) is 38.9 Å². The molecule has 0 aromatic rings. The van der Waals surface area contributed by atoms with Gasteiger partial charge in [0.2, 0.25) is 0 Å². The van der Waals surface area contributed by atoms with Crippen LogP contribution in [0.25, 0.3) is 0 Å². The number of hydrogen-bond acceptors (Lipinski definition) is 3. The summed E-state index contributed by atoms with van der Waals surface area (Å²) in [5.41, 5.74) is 5.69. The Hall–Kier alpha value is -0.120. The predicted molar refractivity (Wildman–Crippen MR) is 52.5 cm³/mol. The number of ether oxygens (including phenoxy) is 1.